The minimum atomic E-state index is 0.415. The zero-order chi connectivity index (χ0) is 9.40. The summed E-state index contributed by atoms with van der Waals surface area (Å²) >= 11 is 0. The number of rotatable bonds is 7. The highest BCUT2D eigenvalue weighted by molar-refractivity contribution is 4.34. The third kappa shape index (κ3) is 9.84. The van der Waals surface area contributed by atoms with Crippen molar-refractivity contribution in [2.75, 3.05) is 13.2 Å². The van der Waals surface area contributed by atoms with E-state index in [1.54, 1.807) is 0 Å². The second-order valence-electron chi connectivity index (χ2n) is 3.49. The molecule has 4 heteroatoms. The second kappa shape index (κ2) is 7.49. The summed E-state index contributed by atoms with van der Waals surface area (Å²) in [6.45, 7) is 9.03. The fraction of sp³-hybridized carbons (Fsp3) is 1.00. The lowest BCUT2D eigenvalue weighted by Gasteiger charge is -2.05. The molecule has 12 heavy (non-hydrogen) atoms. The molecule has 0 fully saturated rings. The maximum absolute atomic E-state index is 4.63. The van der Waals surface area contributed by atoms with Crippen molar-refractivity contribution in [1.29, 1.82) is 0 Å². The van der Waals surface area contributed by atoms with E-state index in [1.165, 1.54) is 0 Å². The Bertz CT molecular complexity index is 81.1. The van der Waals surface area contributed by atoms with E-state index < -0.39 is 0 Å². The maximum atomic E-state index is 4.63. The second-order valence-corrected chi connectivity index (χ2v) is 3.49. The molecule has 0 saturated carbocycles. The van der Waals surface area contributed by atoms with Gasteiger partial charge < -0.3 is 0 Å². The van der Waals surface area contributed by atoms with Crippen LogP contribution in [0.15, 0.2) is 0 Å². The van der Waals surface area contributed by atoms with E-state index in [0.717, 1.165) is 0 Å². The fourth-order valence-electron chi connectivity index (χ4n) is 0.367. The van der Waals surface area contributed by atoms with Gasteiger partial charge in [-0.2, -0.15) is 0 Å². The Morgan fingerprint density at radius 2 is 1.08 bits per heavy atom. The molecule has 0 rings (SSSR count). The number of hydrogen-bond donors (Lipinski definition) is 0. The predicted octanol–water partition coefficient (Wildman–Crippen LogP) is 2.11. The van der Waals surface area contributed by atoms with Gasteiger partial charge in [0.1, 0.15) is 0 Å². The van der Waals surface area contributed by atoms with Crippen LogP contribution in [0, 0.1) is 11.8 Å². The molecule has 0 aliphatic carbocycles. The summed E-state index contributed by atoms with van der Waals surface area (Å²) in [5, 5.41) is 8.55. The van der Waals surface area contributed by atoms with Gasteiger partial charge in [0.05, 0.1) is 13.2 Å². The Hall–Kier alpha value is -0.160. The van der Waals surface area contributed by atoms with Gasteiger partial charge in [0, 0.05) is 0 Å². The van der Waals surface area contributed by atoms with Gasteiger partial charge in [0.2, 0.25) is 0 Å². The van der Waals surface area contributed by atoms with E-state index in [9.17, 15) is 0 Å². The van der Waals surface area contributed by atoms with Crippen LogP contribution >= 0.6 is 0 Å². The van der Waals surface area contributed by atoms with Gasteiger partial charge >= 0.3 is 0 Å². The normalized spacial score (nSPS) is 11.5. The van der Waals surface area contributed by atoms with Gasteiger partial charge in [-0.3, -0.25) is 0 Å². The summed E-state index contributed by atoms with van der Waals surface area (Å²) in [6.07, 6.45) is 0. The zero-order valence-electron chi connectivity index (χ0n) is 8.20. The summed E-state index contributed by atoms with van der Waals surface area (Å²) in [4.78, 5) is 9.26. The van der Waals surface area contributed by atoms with Crippen molar-refractivity contribution in [2.24, 2.45) is 11.8 Å². The first-order valence-electron chi connectivity index (χ1n) is 4.20. The van der Waals surface area contributed by atoms with E-state index >= 15 is 0 Å². The van der Waals surface area contributed by atoms with E-state index in [4.69, 9.17) is 0 Å². The predicted molar refractivity (Wildman–Crippen MR) is 43.8 cm³/mol. The average molecular weight is 178 g/mol. The highest BCUT2D eigenvalue weighted by Crippen LogP contribution is 1.96. The molecule has 0 amide bonds. The molecule has 4 nitrogen and oxygen atoms in total. The van der Waals surface area contributed by atoms with Crippen LogP contribution in [0.25, 0.3) is 0 Å². The summed E-state index contributed by atoms with van der Waals surface area (Å²) in [6, 6.07) is 0. The summed E-state index contributed by atoms with van der Waals surface area (Å²) in [7, 11) is 0. The molecule has 0 saturated heterocycles. The van der Waals surface area contributed by atoms with Crippen LogP contribution in [0.1, 0.15) is 27.7 Å². The van der Waals surface area contributed by atoms with Gasteiger partial charge in [-0.05, 0) is 21.9 Å². The molecule has 0 aliphatic heterocycles. The Balaban J connectivity index is 2.91. The summed E-state index contributed by atoms with van der Waals surface area (Å²) < 4.78 is 0. The van der Waals surface area contributed by atoms with Gasteiger partial charge in [0.15, 0.2) is 0 Å². The first-order chi connectivity index (χ1) is 5.63. The van der Waals surface area contributed by atoms with Gasteiger partial charge in [-0.25, -0.2) is 9.78 Å². The Morgan fingerprint density at radius 3 is 1.33 bits per heavy atom. The van der Waals surface area contributed by atoms with E-state index in [-0.39, 0.29) is 0 Å². The van der Waals surface area contributed by atoms with Crippen molar-refractivity contribution in [3.8, 4) is 0 Å². The van der Waals surface area contributed by atoms with E-state index in [0.29, 0.717) is 25.0 Å². The average Bonchev–Trinajstić information content (AvgIpc) is 1.95. The van der Waals surface area contributed by atoms with Crippen LogP contribution in [0.4, 0.5) is 0 Å². The minimum absolute atomic E-state index is 0.415. The first-order valence-corrected chi connectivity index (χ1v) is 4.20. The molecule has 0 N–H and O–H groups in total. The van der Waals surface area contributed by atoms with Crippen LogP contribution in [-0.4, -0.2) is 13.2 Å². The lowest BCUT2D eigenvalue weighted by molar-refractivity contribution is -0.636. The quantitative estimate of drug-likeness (QED) is 0.340. The van der Waals surface area contributed by atoms with Crippen LogP contribution in [0.5, 0.6) is 0 Å². The third-order valence-electron chi connectivity index (χ3n) is 0.927. The Kier molecular flexibility index (Phi) is 7.39. The molecule has 0 aromatic rings. The zero-order valence-corrected chi connectivity index (χ0v) is 8.20. The van der Waals surface area contributed by atoms with Crippen molar-refractivity contribution in [1.82, 2.24) is 0 Å². The lowest BCUT2D eigenvalue weighted by Crippen LogP contribution is -2.07. The molecule has 0 aliphatic rings. The Labute approximate surface area is 73.5 Å². The molecule has 0 unspecified atom stereocenters. The smallest absolute Gasteiger partial charge is 0.0877 e. The molecule has 0 aromatic heterocycles. The van der Waals surface area contributed by atoms with E-state index in [2.05, 4.69) is 19.9 Å². The molecular formula is C8H18O4. The first kappa shape index (κ1) is 11.8. The van der Waals surface area contributed by atoms with Crippen LogP contribution in [-0.2, 0) is 19.9 Å². The molecule has 0 spiro atoms. The molecule has 0 heterocycles. The van der Waals surface area contributed by atoms with Gasteiger partial charge in [-0.1, -0.05) is 27.7 Å². The maximum Gasteiger partial charge on any atom is 0.0877 e. The van der Waals surface area contributed by atoms with Crippen molar-refractivity contribution in [3.63, 3.8) is 0 Å². The molecule has 0 radical (unpaired) electrons. The van der Waals surface area contributed by atoms with Crippen molar-refractivity contribution in [2.45, 2.75) is 27.7 Å². The van der Waals surface area contributed by atoms with Crippen LogP contribution < -0.4 is 0 Å². The summed E-state index contributed by atoms with van der Waals surface area (Å²) in [5.74, 6) is 0.831. The van der Waals surface area contributed by atoms with Gasteiger partial charge in [-0.15, -0.1) is 0 Å². The molecule has 0 bridgehead atoms. The Morgan fingerprint density at radius 1 is 0.750 bits per heavy atom. The topological polar surface area (TPSA) is 36.9 Å². The third-order valence-corrected chi connectivity index (χ3v) is 0.927. The highest BCUT2D eigenvalue weighted by atomic mass is 17.7. The lowest BCUT2D eigenvalue weighted by atomic mass is 10.2. The van der Waals surface area contributed by atoms with Crippen LogP contribution in [0.2, 0.25) is 0 Å². The van der Waals surface area contributed by atoms with E-state index in [1.807, 2.05) is 27.7 Å². The van der Waals surface area contributed by atoms with Crippen molar-refractivity contribution in [3.05, 3.63) is 0 Å². The monoisotopic (exact) mass is 178 g/mol. The summed E-state index contributed by atoms with van der Waals surface area (Å²) in [5.41, 5.74) is 0. The van der Waals surface area contributed by atoms with Crippen LogP contribution in [0.3, 0.4) is 0 Å². The van der Waals surface area contributed by atoms with Crippen molar-refractivity contribution >= 4 is 0 Å². The largest absolute Gasteiger partial charge is 0.204 e. The molecule has 0 aromatic carbocycles. The van der Waals surface area contributed by atoms with Gasteiger partial charge in [0.25, 0.3) is 0 Å². The standard InChI is InChI=1S/C8H18O4/c1-7(2)5-9-11-12-10-6-8(3)4/h7-8H,5-6H2,1-4H3. The molecule has 74 valence electrons. The molecule has 0 atom stereocenters. The molecular weight excluding hydrogens is 160 g/mol. The van der Waals surface area contributed by atoms with Crippen molar-refractivity contribution < 1.29 is 19.9 Å². The minimum Gasteiger partial charge on any atom is -0.204 e. The highest BCUT2D eigenvalue weighted by Gasteiger charge is 1.97. The number of hydrogen-bond acceptors (Lipinski definition) is 4. The fourth-order valence-corrected chi connectivity index (χ4v) is 0.367. The SMILES string of the molecule is CC(C)COOOOCC(C)C.